The van der Waals surface area contributed by atoms with E-state index in [0.717, 1.165) is 16.9 Å². The van der Waals surface area contributed by atoms with Crippen LogP contribution in [0.5, 0.6) is 0 Å². The number of fused-ring (bicyclic) bond motifs is 1. The second kappa shape index (κ2) is 5.04. The molecule has 1 aromatic heterocycles. The van der Waals surface area contributed by atoms with E-state index in [1.54, 1.807) is 12.1 Å². The summed E-state index contributed by atoms with van der Waals surface area (Å²) in [5.41, 5.74) is 2.38. The lowest BCUT2D eigenvalue weighted by Gasteiger charge is -2.16. The third kappa shape index (κ3) is 2.60. The Morgan fingerprint density at radius 1 is 1.41 bits per heavy atom. The van der Waals surface area contributed by atoms with Crippen LogP contribution in [0.4, 0.5) is 0 Å². The van der Waals surface area contributed by atoms with Crippen molar-refractivity contribution in [3.05, 3.63) is 29.6 Å². The first-order chi connectivity index (χ1) is 8.11. The number of nitrogens with zero attached hydrogens (tertiary/aromatic N) is 1. The molecular formula is C12H15ClN2O2. The summed E-state index contributed by atoms with van der Waals surface area (Å²) in [5.74, 6) is 1.15. The molecule has 2 unspecified atom stereocenters. The molecule has 0 fully saturated rings. The van der Waals surface area contributed by atoms with Gasteiger partial charge < -0.3 is 15.2 Å². The molecule has 0 aliphatic heterocycles. The molecule has 0 saturated carbocycles. The highest BCUT2D eigenvalue weighted by Crippen LogP contribution is 2.22. The monoisotopic (exact) mass is 254 g/mol. The summed E-state index contributed by atoms with van der Waals surface area (Å²) in [6.45, 7) is 1.87. The highest BCUT2D eigenvalue weighted by atomic mass is 35.5. The van der Waals surface area contributed by atoms with Crippen molar-refractivity contribution in [3.8, 4) is 0 Å². The van der Waals surface area contributed by atoms with Crippen LogP contribution >= 0.6 is 11.6 Å². The molecule has 0 spiro atoms. The van der Waals surface area contributed by atoms with Gasteiger partial charge in [0.2, 0.25) is 0 Å². The lowest BCUT2D eigenvalue weighted by molar-refractivity contribution is 0.0171. The standard InChI is InChI=1S/C12H15ClN2O2/c1-7-14-9-3-2-8(6-10(9)15-7)12(17)11(16)4-5-13/h2-3,6,11-12,16-17H,4-5H2,1H3,(H,14,15). The zero-order valence-electron chi connectivity index (χ0n) is 9.52. The van der Waals surface area contributed by atoms with Crippen LogP contribution in [0.15, 0.2) is 18.2 Å². The molecule has 92 valence electrons. The minimum absolute atomic E-state index is 0.323. The first kappa shape index (κ1) is 12.4. The summed E-state index contributed by atoms with van der Waals surface area (Å²) in [7, 11) is 0. The number of aliphatic hydroxyl groups is 2. The van der Waals surface area contributed by atoms with Crippen LogP contribution in [-0.2, 0) is 0 Å². The van der Waals surface area contributed by atoms with E-state index in [4.69, 9.17) is 11.6 Å². The number of nitrogens with one attached hydrogen (secondary N) is 1. The van der Waals surface area contributed by atoms with E-state index in [0.29, 0.717) is 17.9 Å². The van der Waals surface area contributed by atoms with Crippen LogP contribution in [0, 0.1) is 6.92 Å². The third-order valence-corrected chi connectivity index (χ3v) is 2.95. The fraction of sp³-hybridized carbons (Fsp3) is 0.417. The van der Waals surface area contributed by atoms with Gasteiger partial charge in [-0.1, -0.05) is 6.07 Å². The smallest absolute Gasteiger partial charge is 0.105 e. The molecule has 0 aliphatic rings. The Hall–Kier alpha value is -1.10. The maximum Gasteiger partial charge on any atom is 0.105 e. The van der Waals surface area contributed by atoms with Crippen LogP contribution in [0.2, 0.25) is 0 Å². The highest BCUT2D eigenvalue weighted by Gasteiger charge is 2.18. The van der Waals surface area contributed by atoms with Gasteiger partial charge in [0.15, 0.2) is 0 Å². The van der Waals surface area contributed by atoms with Crippen molar-refractivity contribution < 1.29 is 10.2 Å². The number of hydrogen-bond donors (Lipinski definition) is 3. The van der Waals surface area contributed by atoms with E-state index in [-0.39, 0.29) is 0 Å². The summed E-state index contributed by atoms with van der Waals surface area (Å²) in [6.07, 6.45) is -1.39. The lowest BCUT2D eigenvalue weighted by atomic mass is 10.0. The van der Waals surface area contributed by atoms with E-state index >= 15 is 0 Å². The van der Waals surface area contributed by atoms with Crippen LogP contribution in [0.3, 0.4) is 0 Å². The maximum atomic E-state index is 9.94. The van der Waals surface area contributed by atoms with Gasteiger partial charge >= 0.3 is 0 Å². The van der Waals surface area contributed by atoms with Crippen molar-refractivity contribution in [1.82, 2.24) is 9.97 Å². The first-order valence-corrected chi connectivity index (χ1v) is 6.03. The van der Waals surface area contributed by atoms with Crippen molar-refractivity contribution in [1.29, 1.82) is 0 Å². The van der Waals surface area contributed by atoms with Crippen molar-refractivity contribution in [2.45, 2.75) is 25.6 Å². The number of halogens is 1. The van der Waals surface area contributed by atoms with Gasteiger partial charge in [0, 0.05) is 5.88 Å². The fourth-order valence-electron chi connectivity index (χ4n) is 1.83. The van der Waals surface area contributed by atoms with Crippen molar-refractivity contribution in [2.24, 2.45) is 0 Å². The summed E-state index contributed by atoms with van der Waals surface area (Å²) in [6, 6.07) is 5.40. The number of hydrogen-bond acceptors (Lipinski definition) is 3. The molecule has 1 heterocycles. The minimum atomic E-state index is -0.915. The number of aliphatic hydroxyl groups excluding tert-OH is 2. The van der Waals surface area contributed by atoms with Gasteiger partial charge in [0.05, 0.1) is 17.1 Å². The second-order valence-electron chi connectivity index (χ2n) is 4.09. The number of imidazole rings is 1. The van der Waals surface area contributed by atoms with Gasteiger partial charge in [0.25, 0.3) is 0 Å². The molecule has 1 aromatic carbocycles. The number of benzene rings is 1. The Morgan fingerprint density at radius 2 is 2.18 bits per heavy atom. The van der Waals surface area contributed by atoms with Crippen LogP contribution in [0.25, 0.3) is 11.0 Å². The first-order valence-electron chi connectivity index (χ1n) is 5.50. The van der Waals surface area contributed by atoms with Crippen LogP contribution in [-0.4, -0.2) is 32.2 Å². The SMILES string of the molecule is Cc1nc2ccc(C(O)C(O)CCCl)cc2[nH]1. The summed E-state index contributed by atoms with van der Waals surface area (Å²) in [4.78, 5) is 7.37. The molecule has 0 bridgehead atoms. The predicted molar refractivity (Wildman–Crippen MR) is 67.1 cm³/mol. The lowest BCUT2D eigenvalue weighted by Crippen LogP contribution is -2.18. The average molecular weight is 255 g/mol. The Labute approximate surface area is 104 Å². The van der Waals surface area contributed by atoms with Crippen LogP contribution in [0.1, 0.15) is 23.9 Å². The summed E-state index contributed by atoms with van der Waals surface area (Å²) < 4.78 is 0. The number of aromatic nitrogens is 2. The van der Waals surface area contributed by atoms with E-state index in [1.807, 2.05) is 13.0 Å². The minimum Gasteiger partial charge on any atom is -0.390 e. The number of rotatable bonds is 4. The average Bonchev–Trinajstić information content (AvgIpc) is 2.67. The molecule has 5 heteroatoms. The van der Waals surface area contributed by atoms with E-state index in [2.05, 4.69) is 9.97 Å². The molecule has 0 amide bonds. The molecular weight excluding hydrogens is 240 g/mol. The summed E-state index contributed by atoms with van der Waals surface area (Å²) in [5, 5.41) is 19.6. The molecule has 2 rings (SSSR count). The van der Waals surface area contributed by atoms with Crippen molar-refractivity contribution in [3.63, 3.8) is 0 Å². The van der Waals surface area contributed by atoms with Gasteiger partial charge in [-0.2, -0.15) is 0 Å². The Bertz CT molecular complexity index is 512. The number of H-pyrrole nitrogens is 1. The summed E-state index contributed by atoms with van der Waals surface area (Å²) >= 11 is 5.54. The molecule has 2 aromatic rings. The number of alkyl halides is 1. The Balaban J connectivity index is 2.28. The van der Waals surface area contributed by atoms with Gasteiger partial charge in [-0.05, 0) is 31.0 Å². The number of aromatic amines is 1. The fourth-order valence-corrected chi connectivity index (χ4v) is 2.05. The van der Waals surface area contributed by atoms with Gasteiger partial charge in [0.1, 0.15) is 11.9 Å². The normalized spacial score (nSPS) is 15.1. The second-order valence-corrected chi connectivity index (χ2v) is 4.47. The zero-order valence-corrected chi connectivity index (χ0v) is 10.3. The molecule has 0 aliphatic carbocycles. The Kier molecular flexibility index (Phi) is 3.66. The Morgan fingerprint density at radius 3 is 2.88 bits per heavy atom. The predicted octanol–water partition coefficient (Wildman–Crippen LogP) is 1.89. The van der Waals surface area contributed by atoms with Gasteiger partial charge in [-0.15, -0.1) is 11.6 Å². The molecule has 2 atom stereocenters. The van der Waals surface area contributed by atoms with E-state index in [1.165, 1.54) is 0 Å². The largest absolute Gasteiger partial charge is 0.390 e. The van der Waals surface area contributed by atoms with Crippen LogP contribution < -0.4 is 0 Å². The molecule has 0 saturated heterocycles. The van der Waals surface area contributed by atoms with E-state index in [9.17, 15) is 10.2 Å². The molecule has 17 heavy (non-hydrogen) atoms. The number of aryl methyl sites for hydroxylation is 1. The van der Waals surface area contributed by atoms with Crippen molar-refractivity contribution in [2.75, 3.05) is 5.88 Å². The van der Waals surface area contributed by atoms with Crippen molar-refractivity contribution >= 4 is 22.6 Å². The topological polar surface area (TPSA) is 69.1 Å². The van der Waals surface area contributed by atoms with Gasteiger partial charge in [-0.3, -0.25) is 0 Å². The zero-order chi connectivity index (χ0) is 12.4. The molecule has 3 N–H and O–H groups in total. The van der Waals surface area contributed by atoms with Gasteiger partial charge in [-0.25, -0.2) is 4.98 Å². The molecule has 0 radical (unpaired) electrons. The van der Waals surface area contributed by atoms with E-state index < -0.39 is 12.2 Å². The third-order valence-electron chi connectivity index (χ3n) is 2.74. The maximum absolute atomic E-state index is 9.94. The highest BCUT2D eigenvalue weighted by molar-refractivity contribution is 6.17. The molecule has 4 nitrogen and oxygen atoms in total. The quantitative estimate of drug-likeness (QED) is 0.730.